The molecule has 0 radical (unpaired) electrons. The normalized spacial score (nSPS) is 18.9. The summed E-state index contributed by atoms with van der Waals surface area (Å²) in [6.45, 7) is 0.827. The van der Waals surface area contributed by atoms with Crippen LogP contribution in [0.15, 0.2) is 77.9 Å². The summed E-state index contributed by atoms with van der Waals surface area (Å²) in [5, 5.41) is 7.53. The van der Waals surface area contributed by atoms with Crippen molar-refractivity contribution in [1.29, 1.82) is 0 Å². The van der Waals surface area contributed by atoms with Crippen LogP contribution in [0.5, 0.6) is 0 Å². The Morgan fingerprint density at radius 3 is 2.35 bits per heavy atom. The minimum atomic E-state index is -0.474. The molecule has 1 saturated carbocycles. The molecule has 0 bridgehead atoms. The summed E-state index contributed by atoms with van der Waals surface area (Å²) in [5.41, 5.74) is 2.12. The van der Waals surface area contributed by atoms with Gasteiger partial charge in [-0.05, 0) is 61.7 Å². The monoisotopic (exact) mass is 557 g/mol. The predicted molar refractivity (Wildman–Crippen MR) is 152 cm³/mol. The van der Waals surface area contributed by atoms with Crippen molar-refractivity contribution in [3.8, 4) is 5.69 Å². The number of pyridine rings is 1. The van der Waals surface area contributed by atoms with E-state index >= 15 is 0 Å². The smallest absolute Gasteiger partial charge is 0.255 e. The average molecular weight is 558 g/mol. The Labute approximate surface area is 235 Å². The second-order valence-corrected chi connectivity index (χ2v) is 10.8. The van der Waals surface area contributed by atoms with E-state index in [0.29, 0.717) is 41.3 Å². The molecule has 10 heteroatoms. The maximum Gasteiger partial charge on any atom is 0.255 e. The largest absolute Gasteiger partial charge is 0.360 e. The summed E-state index contributed by atoms with van der Waals surface area (Å²) in [5.74, 6) is -0.410. The van der Waals surface area contributed by atoms with Crippen molar-refractivity contribution in [3.63, 3.8) is 0 Å². The minimum Gasteiger partial charge on any atom is -0.360 e. The molecule has 2 aromatic carbocycles. The number of carbonyl (C=O) groups is 3. The maximum atomic E-state index is 13.3. The van der Waals surface area contributed by atoms with Gasteiger partial charge in [0.1, 0.15) is 0 Å². The lowest BCUT2D eigenvalue weighted by atomic mass is 9.97. The number of aromatic nitrogens is 2. The number of aromatic amines is 1. The first-order valence-corrected chi connectivity index (χ1v) is 13.7. The highest BCUT2D eigenvalue weighted by atomic mass is 35.5. The van der Waals surface area contributed by atoms with E-state index in [-0.39, 0.29) is 35.2 Å². The van der Waals surface area contributed by atoms with Gasteiger partial charge in [-0.2, -0.15) is 0 Å². The number of H-pyrrole nitrogens is 1. The van der Waals surface area contributed by atoms with Gasteiger partial charge in [0.15, 0.2) is 0 Å². The van der Waals surface area contributed by atoms with Crippen LogP contribution in [-0.4, -0.2) is 57.3 Å². The van der Waals surface area contributed by atoms with Crippen LogP contribution in [0.4, 0.5) is 0 Å². The van der Waals surface area contributed by atoms with Gasteiger partial charge in [0.2, 0.25) is 5.91 Å². The summed E-state index contributed by atoms with van der Waals surface area (Å²) < 4.78 is 1.50. The molecule has 2 atom stereocenters. The number of nitrogens with one attached hydrogen (secondary N) is 3. The Bertz CT molecular complexity index is 1660. The lowest BCUT2D eigenvalue weighted by molar-refractivity contribution is -0.134. The third-order valence-corrected chi connectivity index (χ3v) is 7.92. The number of halogens is 1. The van der Waals surface area contributed by atoms with Gasteiger partial charge in [0.25, 0.3) is 17.4 Å². The SMILES string of the molecule is O=C(N[C@H]1CN(C(=O)C2CC2)CC[C@H]1NC(=O)c1ccc(-n2ccccc2=O)cc1)c1ccc2c(Cl)c[nH]c2c1. The quantitative estimate of drug-likeness (QED) is 0.336. The predicted octanol–water partition coefficient (Wildman–Crippen LogP) is 3.51. The molecule has 0 unspecified atom stereocenters. The number of piperidine rings is 1. The van der Waals surface area contributed by atoms with Gasteiger partial charge < -0.3 is 20.5 Å². The van der Waals surface area contributed by atoms with E-state index < -0.39 is 6.04 Å². The van der Waals surface area contributed by atoms with Gasteiger partial charge >= 0.3 is 0 Å². The van der Waals surface area contributed by atoms with Crippen LogP contribution in [0.3, 0.4) is 0 Å². The number of benzene rings is 2. The van der Waals surface area contributed by atoms with Gasteiger partial charge in [-0.3, -0.25) is 23.7 Å². The van der Waals surface area contributed by atoms with Crippen molar-refractivity contribution in [2.45, 2.75) is 31.3 Å². The number of carbonyl (C=O) groups excluding carboxylic acids is 3. The fourth-order valence-corrected chi connectivity index (χ4v) is 5.43. The van der Waals surface area contributed by atoms with E-state index in [4.69, 9.17) is 11.6 Å². The van der Waals surface area contributed by atoms with E-state index in [1.807, 2.05) is 0 Å². The minimum absolute atomic E-state index is 0.0677. The molecule has 2 aromatic heterocycles. The number of fused-ring (bicyclic) bond motifs is 1. The van der Waals surface area contributed by atoms with E-state index in [1.54, 1.807) is 71.9 Å². The Hall–Kier alpha value is -4.37. The molecule has 204 valence electrons. The second kappa shape index (κ2) is 10.7. The van der Waals surface area contributed by atoms with Crippen molar-refractivity contribution in [3.05, 3.63) is 99.6 Å². The Kier molecular flexibility index (Phi) is 6.89. The Morgan fingerprint density at radius 2 is 1.60 bits per heavy atom. The number of amides is 3. The second-order valence-electron chi connectivity index (χ2n) is 10.4. The topological polar surface area (TPSA) is 116 Å². The van der Waals surface area contributed by atoms with Crippen molar-refractivity contribution in [1.82, 2.24) is 25.1 Å². The molecular formula is C30H28ClN5O4. The lowest BCUT2D eigenvalue weighted by Crippen LogP contribution is -2.61. The molecular weight excluding hydrogens is 530 g/mol. The number of hydrogen-bond acceptors (Lipinski definition) is 4. The molecule has 3 heterocycles. The van der Waals surface area contributed by atoms with Crippen molar-refractivity contribution in [2.75, 3.05) is 13.1 Å². The van der Waals surface area contributed by atoms with Crippen molar-refractivity contribution in [2.24, 2.45) is 5.92 Å². The standard InChI is InChI=1S/C30H28ClN5O4/c31-23-16-32-25-15-20(8-11-22(23)25)29(39)34-26-17-35(30(40)19-4-5-19)14-12-24(26)33-28(38)18-6-9-21(10-7-18)36-13-2-1-3-27(36)37/h1-3,6-11,13,15-16,19,24,26,32H,4-5,12,14,17H2,(H,33,38)(H,34,39)/t24-,26+/m1/s1. The first kappa shape index (κ1) is 25.9. The molecule has 1 aliphatic carbocycles. The molecule has 2 fully saturated rings. The van der Waals surface area contributed by atoms with Crippen LogP contribution in [0, 0.1) is 5.92 Å². The number of rotatable bonds is 6. The fraction of sp³-hybridized carbons (Fsp3) is 0.267. The molecule has 3 N–H and O–H groups in total. The first-order valence-electron chi connectivity index (χ1n) is 13.3. The van der Waals surface area contributed by atoms with Crippen molar-refractivity contribution < 1.29 is 14.4 Å². The lowest BCUT2D eigenvalue weighted by Gasteiger charge is -2.39. The fourth-order valence-electron chi connectivity index (χ4n) is 5.21. The zero-order valence-electron chi connectivity index (χ0n) is 21.6. The van der Waals surface area contributed by atoms with Crippen LogP contribution in [0.25, 0.3) is 16.6 Å². The summed E-state index contributed by atoms with van der Waals surface area (Å²) >= 11 is 6.18. The zero-order chi connectivity index (χ0) is 27.8. The molecule has 6 rings (SSSR count). The third-order valence-electron chi connectivity index (χ3n) is 7.61. The van der Waals surface area contributed by atoms with Crippen LogP contribution in [0.1, 0.15) is 40.0 Å². The van der Waals surface area contributed by atoms with Crippen LogP contribution in [-0.2, 0) is 4.79 Å². The summed E-state index contributed by atoms with van der Waals surface area (Å²) in [4.78, 5) is 56.3. The summed E-state index contributed by atoms with van der Waals surface area (Å²) in [6.07, 6.45) is 5.65. The Morgan fingerprint density at radius 1 is 0.875 bits per heavy atom. The molecule has 4 aromatic rings. The van der Waals surface area contributed by atoms with Gasteiger partial charge in [-0.25, -0.2) is 0 Å². The summed E-state index contributed by atoms with van der Waals surface area (Å²) in [7, 11) is 0. The van der Waals surface area contributed by atoms with Crippen LogP contribution in [0.2, 0.25) is 5.02 Å². The van der Waals surface area contributed by atoms with E-state index in [9.17, 15) is 19.2 Å². The summed E-state index contributed by atoms with van der Waals surface area (Å²) in [6, 6.07) is 16.1. The highest BCUT2D eigenvalue weighted by molar-refractivity contribution is 6.35. The third kappa shape index (κ3) is 5.24. The van der Waals surface area contributed by atoms with Gasteiger partial charge in [0, 0.05) is 65.2 Å². The molecule has 3 amide bonds. The van der Waals surface area contributed by atoms with Crippen LogP contribution >= 0.6 is 11.6 Å². The Balaban J connectivity index is 1.19. The molecule has 0 spiro atoms. The number of likely N-dealkylation sites (tertiary alicyclic amines) is 1. The van der Waals surface area contributed by atoms with Crippen molar-refractivity contribution >= 4 is 40.2 Å². The van der Waals surface area contributed by atoms with Gasteiger partial charge in [-0.1, -0.05) is 23.7 Å². The highest BCUT2D eigenvalue weighted by Crippen LogP contribution is 2.32. The zero-order valence-corrected chi connectivity index (χ0v) is 22.4. The molecule has 1 aliphatic heterocycles. The molecule has 1 saturated heterocycles. The van der Waals surface area contributed by atoms with Gasteiger partial charge in [-0.15, -0.1) is 0 Å². The first-order chi connectivity index (χ1) is 19.4. The number of hydrogen-bond donors (Lipinski definition) is 3. The highest BCUT2D eigenvalue weighted by Gasteiger charge is 2.39. The molecule has 9 nitrogen and oxygen atoms in total. The maximum absolute atomic E-state index is 13.3. The van der Waals surface area contributed by atoms with E-state index in [1.165, 1.54) is 10.6 Å². The average Bonchev–Trinajstić information content (AvgIpc) is 3.76. The molecule has 40 heavy (non-hydrogen) atoms. The number of nitrogens with zero attached hydrogens (tertiary/aromatic N) is 2. The van der Waals surface area contributed by atoms with Gasteiger partial charge in [0.05, 0.1) is 17.1 Å². The van der Waals surface area contributed by atoms with E-state index in [2.05, 4.69) is 15.6 Å². The molecule has 2 aliphatic rings. The van der Waals surface area contributed by atoms with Crippen LogP contribution < -0.4 is 16.2 Å². The van der Waals surface area contributed by atoms with E-state index in [0.717, 1.165) is 23.7 Å².